The van der Waals surface area contributed by atoms with Crippen molar-refractivity contribution in [1.29, 1.82) is 0 Å². The van der Waals surface area contributed by atoms with Crippen LogP contribution in [0, 0.1) is 0 Å². The molecule has 2 N–H and O–H groups in total. The van der Waals surface area contributed by atoms with Crippen LogP contribution in [-0.2, 0) is 0 Å². The minimum atomic E-state index is 0.722. The second kappa shape index (κ2) is 6.90. The van der Waals surface area contributed by atoms with Crippen LogP contribution in [0.1, 0.15) is 18.4 Å². The predicted molar refractivity (Wildman–Crippen MR) is 66.9 cm³/mol. The molecule has 3 heteroatoms. The number of allylic oxidation sites excluding steroid dienone is 1. The Kier molecular flexibility index (Phi) is 5.43. The molecule has 16 heavy (non-hydrogen) atoms. The van der Waals surface area contributed by atoms with Crippen LogP contribution in [0.25, 0.3) is 6.08 Å². The third-order valence-corrected chi connectivity index (χ3v) is 2.31. The molecule has 0 atom stereocenters. The first-order valence-corrected chi connectivity index (χ1v) is 5.40. The average molecular weight is 221 g/mol. The highest BCUT2D eigenvalue weighted by molar-refractivity contribution is 5.59. The molecule has 1 rings (SSSR count). The number of methoxy groups -OCH3 is 2. The SMILES string of the molecule is COc1ccc(OC)c(/C=C/CCCN)c1. The molecule has 0 bridgehead atoms. The van der Waals surface area contributed by atoms with E-state index in [2.05, 4.69) is 6.08 Å². The Labute approximate surface area is 96.9 Å². The van der Waals surface area contributed by atoms with Crippen LogP contribution in [0.3, 0.4) is 0 Å². The number of ether oxygens (including phenoxy) is 2. The number of benzene rings is 1. The van der Waals surface area contributed by atoms with Gasteiger partial charge in [0.2, 0.25) is 0 Å². The van der Waals surface area contributed by atoms with Gasteiger partial charge in [-0.25, -0.2) is 0 Å². The number of nitrogens with two attached hydrogens (primary N) is 1. The minimum Gasteiger partial charge on any atom is -0.497 e. The highest BCUT2D eigenvalue weighted by atomic mass is 16.5. The van der Waals surface area contributed by atoms with E-state index in [0.717, 1.165) is 36.4 Å². The minimum absolute atomic E-state index is 0.722. The monoisotopic (exact) mass is 221 g/mol. The molecule has 88 valence electrons. The first kappa shape index (κ1) is 12.6. The summed E-state index contributed by atoms with van der Waals surface area (Å²) in [5, 5.41) is 0. The van der Waals surface area contributed by atoms with E-state index in [0.29, 0.717) is 0 Å². The molecule has 3 nitrogen and oxygen atoms in total. The lowest BCUT2D eigenvalue weighted by atomic mass is 10.1. The van der Waals surface area contributed by atoms with Crippen LogP contribution in [-0.4, -0.2) is 20.8 Å². The second-order valence-electron chi connectivity index (χ2n) is 3.44. The lowest BCUT2D eigenvalue weighted by molar-refractivity contribution is 0.402. The van der Waals surface area contributed by atoms with Crippen molar-refractivity contribution in [2.24, 2.45) is 5.73 Å². The molecule has 0 aliphatic rings. The Morgan fingerprint density at radius 3 is 2.69 bits per heavy atom. The lowest BCUT2D eigenvalue weighted by Crippen LogP contribution is -1.96. The van der Waals surface area contributed by atoms with Crippen molar-refractivity contribution in [2.75, 3.05) is 20.8 Å². The van der Waals surface area contributed by atoms with Crippen LogP contribution >= 0.6 is 0 Å². The van der Waals surface area contributed by atoms with E-state index < -0.39 is 0 Å². The van der Waals surface area contributed by atoms with Gasteiger partial charge in [0.15, 0.2) is 0 Å². The second-order valence-corrected chi connectivity index (χ2v) is 3.44. The van der Waals surface area contributed by atoms with Gasteiger partial charge in [0.25, 0.3) is 0 Å². The number of rotatable bonds is 6. The normalized spacial score (nSPS) is 10.7. The van der Waals surface area contributed by atoms with Crippen molar-refractivity contribution >= 4 is 6.08 Å². The summed E-state index contributed by atoms with van der Waals surface area (Å²) in [7, 11) is 3.32. The zero-order valence-electron chi connectivity index (χ0n) is 9.90. The van der Waals surface area contributed by atoms with Crippen LogP contribution in [0.15, 0.2) is 24.3 Å². The zero-order chi connectivity index (χ0) is 11.8. The highest BCUT2D eigenvalue weighted by Crippen LogP contribution is 2.25. The molecule has 0 heterocycles. The summed E-state index contributed by atoms with van der Waals surface area (Å²) < 4.78 is 10.4. The Morgan fingerprint density at radius 1 is 1.25 bits per heavy atom. The maximum Gasteiger partial charge on any atom is 0.126 e. The van der Waals surface area contributed by atoms with Gasteiger partial charge < -0.3 is 15.2 Å². The van der Waals surface area contributed by atoms with Gasteiger partial charge >= 0.3 is 0 Å². The zero-order valence-corrected chi connectivity index (χ0v) is 9.90. The fourth-order valence-corrected chi connectivity index (χ4v) is 1.42. The molecule has 0 radical (unpaired) electrons. The van der Waals surface area contributed by atoms with Crippen molar-refractivity contribution in [3.63, 3.8) is 0 Å². The Hall–Kier alpha value is -1.48. The third kappa shape index (κ3) is 3.59. The molecule has 1 aromatic rings. The summed E-state index contributed by atoms with van der Waals surface area (Å²) >= 11 is 0. The number of hydrogen-bond donors (Lipinski definition) is 1. The smallest absolute Gasteiger partial charge is 0.126 e. The summed E-state index contributed by atoms with van der Waals surface area (Å²) in [6.45, 7) is 0.722. The Morgan fingerprint density at radius 2 is 2.06 bits per heavy atom. The van der Waals surface area contributed by atoms with Crippen molar-refractivity contribution in [3.8, 4) is 11.5 Å². The number of hydrogen-bond acceptors (Lipinski definition) is 3. The van der Waals surface area contributed by atoms with Gasteiger partial charge in [-0.15, -0.1) is 0 Å². The van der Waals surface area contributed by atoms with Gasteiger partial charge in [-0.05, 0) is 37.6 Å². The number of unbranched alkanes of at least 4 members (excludes halogenated alkanes) is 1. The van der Waals surface area contributed by atoms with Crippen molar-refractivity contribution in [2.45, 2.75) is 12.8 Å². The van der Waals surface area contributed by atoms with Crippen LogP contribution < -0.4 is 15.2 Å². The van der Waals surface area contributed by atoms with Gasteiger partial charge in [0.1, 0.15) is 11.5 Å². The van der Waals surface area contributed by atoms with E-state index in [1.54, 1.807) is 14.2 Å². The first-order chi connectivity index (χ1) is 7.81. The maximum atomic E-state index is 5.43. The fourth-order valence-electron chi connectivity index (χ4n) is 1.42. The van der Waals surface area contributed by atoms with E-state index in [-0.39, 0.29) is 0 Å². The largest absolute Gasteiger partial charge is 0.497 e. The molecule has 0 saturated carbocycles. The van der Waals surface area contributed by atoms with Crippen LogP contribution in [0.2, 0.25) is 0 Å². The standard InChI is InChI=1S/C13H19NO2/c1-15-12-7-8-13(16-2)11(10-12)6-4-3-5-9-14/h4,6-8,10H,3,5,9,14H2,1-2H3/b6-4+. The Bertz CT molecular complexity index is 348. The lowest BCUT2D eigenvalue weighted by Gasteiger charge is -2.07. The van der Waals surface area contributed by atoms with Gasteiger partial charge in [0.05, 0.1) is 14.2 Å². The fraction of sp³-hybridized carbons (Fsp3) is 0.385. The van der Waals surface area contributed by atoms with E-state index >= 15 is 0 Å². The Balaban J connectivity index is 2.78. The molecule has 0 unspecified atom stereocenters. The molecule has 0 spiro atoms. The molecule has 0 amide bonds. The van der Waals surface area contributed by atoms with Crippen LogP contribution in [0.5, 0.6) is 11.5 Å². The summed E-state index contributed by atoms with van der Waals surface area (Å²) in [5.41, 5.74) is 6.46. The third-order valence-electron chi connectivity index (χ3n) is 2.31. The van der Waals surface area contributed by atoms with E-state index in [1.165, 1.54) is 0 Å². The summed E-state index contributed by atoms with van der Waals surface area (Å²) in [6, 6.07) is 5.75. The molecule has 1 aromatic carbocycles. The average Bonchev–Trinajstić information content (AvgIpc) is 2.34. The van der Waals surface area contributed by atoms with Gasteiger partial charge in [0, 0.05) is 5.56 Å². The summed E-state index contributed by atoms with van der Waals surface area (Å²) in [6.07, 6.45) is 6.13. The summed E-state index contributed by atoms with van der Waals surface area (Å²) in [5.74, 6) is 1.68. The van der Waals surface area contributed by atoms with E-state index in [1.807, 2.05) is 24.3 Å². The highest BCUT2D eigenvalue weighted by Gasteiger charge is 2.00. The van der Waals surface area contributed by atoms with Crippen molar-refractivity contribution < 1.29 is 9.47 Å². The van der Waals surface area contributed by atoms with Gasteiger partial charge in [-0.1, -0.05) is 12.2 Å². The molecule has 0 aliphatic heterocycles. The predicted octanol–water partition coefficient (Wildman–Crippen LogP) is 2.46. The molecule has 0 aromatic heterocycles. The van der Waals surface area contributed by atoms with E-state index in [4.69, 9.17) is 15.2 Å². The molecule has 0 fully saturated rings. The molecule has 0 aliphatic carbocycles. The van der Waals surface area contributed by atoms with Gasteiger partial charge in [-0.3, -0.25) is 0 Å². The van der Waals surface area contributed by atoms with E-state index in [9.17, 15) is 0 Å². The molecular formula is C13H19NO2. The summed E-state index contributed by atoms with van der Waals surface area (Å²) in [4.78, 5) is 0. The quantitative estimate of drug-likeness (QED) is 0.750. The topological polar surface area (TPSA) is 44.5 Å². The van der Waals surface area contributed by atoms with Gasteiger partial charge in [-0.2, -0.15) is 0 Å². The van der Waals surface area contributed by atoms with Crippen molar-refractivity contribution in [3.05, 3.63) is 29.8 Å². The maximum absolute atomic E-state index is 5.43. The first-order valence-electron chi connectivity index (χ1n) is 5.40. The van der Waals surface area contributed by atoms with Crippen LogP contribution in [0.4, 0.5) is 0 Å². The molecular weight excluding hydrogens is 202 g/mol. The molecule has 0 saturated heterocycles. The van der Waals surface area contributed by atoms with Crippen molar-refractivity contribution in [1.82, 2.24) is 0 Å².